The minimum atomic E-state index is -0.478. The Kier molecular flexibility index (Phi) is 4.89. The number of hydrogen-bond donors (Lipinski definition) is 2. The molecule has 0 bridgehead atoms. The van der Waals surface area contributed by atoms with Crippen LogP contribution in [0, 0.1) is 0 Å². The van der Waals surface area contributed by atoms with Crippen molar-refractivity contribution in [3.8, 4) is 0 Å². The Morgan fingerprint density at radius 3 is 2.59 bits per heavy atom. The van der Waals surface area contributed by atoms with Gasteiger partial charge in [-0.25, -0.2) is 0 Å². The van der Waals surface area contributed by atoms with Crippen LogP contribution in [0.2, 0.25) is 0 Å². The highest BCUT2D eigenvalue weighted by Gasteiger charge is 2.03. The number of nitrogens with zero attached hydrogens (tertiary/aromatic N) is 1. The number of primary amides is 1. The summed E-state index contributed by atoms with van der Waals surface area (Å²) in [6, 6.07) is 6.82. The van der Waals surface area contributed by atoms with Gasteiger partial charge in [-0.2, -0.15) is 0 Å². The van der Waals surface area contributed by atoms with Gasteiger partial charge in [0.1, 0.15) is 3.72 Å². The molecule has 0 aliphatic carbocycles. The fourth-order valence-corrected chi connectivity index (χ4v) is 1.72. The molecule has 0 heterocycles. The molecule has 0 unspecified atom stereocenters. The van der Waals surface area contributed by atoms with Gasteiger partial charge >= 0.3 is 0 Å². The number of hydrogen-bond acceptors (Lipinski definition) is 3. The average Bonchev–Trinajstić information content (AvgIpc) is 2.29. The molecule has 17 heavy (non-hydrogen) atoms. The zero-order valence-electron chi connectivity index (χ0n) is 9.06. The van der Waals surface area contributed by atoms with Crippen LogP contribution < -0.4 is 11.5 Å². The van der Waals surface area contributed by atoms with Crippen LogP contribution in [-0.2, 0) is 0 Å². The van der Waals surface area contributed by atoms with Crippen LogP contribution in [0.1, 0.15) is 15.9 Å². The highest BCUT2D eigenvalue weighted by atomic mass is 127. The molecular formula is C12H12IN3O. The molecule has 0 aliphatic heterocycles. The van der Waals surface area contributed by atoms with Gasteiger partial charge in [0.05, 0.1) is 0 Å². The lowest BCUT2D eigenvalue weighted by atomic mass is 10.1. The molecule has 0 saturated carbocycles. The summed E-state index contributed by atoms with van der Waals surface area (Å²) in [6.07, 6.45) is 3.13. The van der Waals surface area contributed by atoms with Crippen molar-refractivity contribution in [1.82, 2.24) is 0 Å². The largest absolute Gasteiger partial charge is 0.398 e. The summed E-state index contributed by atoms with van der Waals surface area (Å²) in [6.45, 7) is 3.49. The fourth-order valence-electron chi connectivity index (χ4n) is 1.19. The Labute approximate surface area is 113 Å². The Bertz CT molecular complexity index is 506. The number of allylic oxidation sites excluding steroid dienone is 1. The standard InChI is InChI=1S/C12H12IN3O/c1-2-16-11(13)7-10(14)8-4-3-5-9(6-8)12(15)17/h2-7H,1,14H2,(H2,15,17)/b10-7-,16-11?. The maximum Gasteiger partial charge on any atom is 0.248 e. The first kappa shape index (κ1) is 13.4. The molecule has 1 aromatic carbocycles. The van der Waals surface area contributed by atoms with Gasteiger partial charge in [0, 0.05) is 17.5 Å². The van der Waals surface area contributed by atoms with E-state index in [1.54, 1.807) is 30.3 Å². The summed E-state index contributed by atoms with van der Waals surface area (Å²) >= 11 is 2.04. The van der Waals surface area contributed by atoms with E-state index in [2.05, 4.69) is 11.6 Å². The molecule has 88 valence electrons. The number of aliphatic imine (C=N–C) groups is 1. The fraction of sp³-hybridized carbons (Fsp3) is 0. The predicted molar refractivity (Wildman–Crippen MR) is 78.8 cm³/mol. The zero-order chi connectivity index (χ0) is 12.8. The van der Waals surface area contributed by atoms with E-state index in [0.717, 1.165) is 5.56 Å². The Morgan fingerprint density at radius 2 is 2.00 bits per heavy atom. The highest BCUT2D eigenvalue weighted by molar-refractivity contribution is 14.1. The Hall–Kier alpha value is -1.63. The normalized spacial score (nSPS) is 12.3. The van der Waals surface area contributed by atoms with Gasteiger partial charge in [0.2, 0.25) is 5.91 Å². The number of halogens is 1. The Morgan fingerprint density at radius 1 is 1.35 bits per heavy atom. The second-order valence-corrected chi connectivity index (χ2v) is 4.28. The minimum absolute atomic E-state index is 0.425. The summed E-state index contributed by atoms with van der Waals surface area (Å²) < 4.78 is 0.708. The molecule has 0 spiro atoms. The molecule has 1 amide bonds. The molecular weight excluding hydrogens is 329 g/mol. The van der Waals surface area contributed by atoms with Gasteiger partial charge in [-0.05, 0) is 46.4 Å². The molecule has 1 aromatic rings. The molecule has 5 heteroatoms. The summed E-state index contributed by atoms with van der Waals surface area (Å²) in [4.78, 5) is 15.0. The van der Waals surface area contributed by atoms with Gasteiger partial charge in [-0.1, -0.05) is 18.7 Å². The quantitative estimate of drug-likeness (QED) is 0.649. The van der Waals surface area contributed by atoms with E-state index in [0.29, 0.717) is 15.0 Å². The van der Waals surface area contributed by atoms with Gasteiger partial charge in [-0.15, -0.1) is 0 Å². The number of rotatable bonds is 4. The highest BCUT2D eigenvalue weighted by Crippen LogP contribution is 2.12. The van der Waals surface area contributed by atoms with E-state index in [-0.39, 0.29) is 0 Å². The van der Waals surface area contributed by atoms with Crippen molar-refractivity contribution in [1.29, 1.82) is 0 Å². The van der Waals surface area contributed by atoms with Crippen molar-refractivity contribution in [3.63, 3.8) is 0 Å². The summed E-state index contributed by atoms with van der Waals surface area (Å²) in [5.41, 5.74) is 12.8. The minimum Gasteiger partial charge on any atom is -0.398 e. The van der Waals surface area contributed by atoms with Crippen LogP contribution in [-0.4, -0.2) is 9.63 Å². The van der Waals surface area contributed by atoms with Gasteiger partial charge in [0.25, 0.3) is 0 Å². The Balaban J connectivity index is 3.08. The third-order valence-corrected chi connectivity index (χ3v) is 2.56. The van der Waals surface area contributed by atoms with E-state index in [1.165, 1.54) is 6.20 Å². The van der Waals surface area contributed by atoms with Crippen molar-refractivity contribution in [2.24, 2.45) is 16.5 Å². The van der Waals surface area contributed by atoms with Crippen molar-refractivity contribution in [2.75, 3.05) is 0 Å². The van der Waals surface area contributed by atoms with E-state index < -0.39 is 5.91 Å². The molecule has 4 nitrogen and oxygen atoms in total. The SMILES string of the molecule is C=CN=C(I)/C=C(\N)c1cccc(C(N)=O)c1. The molecule has 0 atom stereocenters. The lowest BCUT2D eigenvalue weighted by molar-refractivity contribution is 0.100. The van der Waals surface area contributed by atoms with Crippen molar-refractivity contribution < 1.29 is 4.79 Å². The topological polar surface area (TPSA) is 81.5 Å². The van der Waals surface area contributed by atoms with Crippen LogP contribution in [0.3, 0.4) is 0 Å². The predicted octanol–water partition coefficient (Wildman–Crippen LogP) is 2.06. The first-order valence-corrected chi connectivity index (χ1v) is 5.84. The van der Waals surface area contributed by atoms with E-state index in [1.807, 2.05) is 22.6 Å². The van der Waals surface area contributed by atoms with Crippen LogP contribution in [0.25, 0.3) is 5.70 Å². The second-order valence-electron chi connectivity index (χ2n) is 3.18. The first-order valence-electron chi connectivity index (χ1n) is 4.76. The van der Waals surface area contributed by atoms with Crippen LogP contribution in [0.15, 0.2) is 48.1 Å². The molecule has 0 aromatic heterocycles. The van der Waals surface area contributed by atoms with Gasteiger partial charge in [0.15, 0.2) is 0 Å². The van der Waals surface area contributed by atoms with Crippen LogP contribution in [0.5, 0.6) is 0 Å². The van der Waals surface area contributed by atoms with Crippen molar-refractivity contribution >= 4 is 37.9 Å². The van der Waals surface area contributed by atoms with Crippen LogP contribution in [0.4, 0.5) is 0 Å². The third-order valence-electron chi connectivity index (χ3n) is 1.97. The summed E-state index contributed by atoms with van der Waals surface area (Å²) in [5, 5.41) is 0. The number of benzene rings is 1. The maximum atomic E-state index is 11.0. The lowest BCUT2D eigenvalue weighted by Gasteiger charge is -2.03. The molecule has 0 radical (unpaired) electrons. The molecule has 1 rings (SSSR count). The van der Waals surface area contributed by atoms with Gasteiger partial charge in [-0.3, -0.25) is 9.79 Å². The van der Waals surface area contributed by atoms with Crippen molar-refractivity contribution in [2.45, 2.75) is 0 Å². The molecule has 0 saturated heterocycles. The van der Waals surface area contributed by atoms with Crippen LogP contribution >= 0.6 is 22.6 Å². The van der Waals surface area contributed by atoms with E-state index in [4.69, 9.17) is 11.5 Å². The summed E-state index contributed by atoms with van der Waals surface area (Å²) in [7, 11) is 0. The van der Waals surface area contributed by atoms with E-state index >= 15 is 0 Å². The number of nitrogens with two attached hydrogens (primary N) is 2. The number of carbonyl (C=O) groups excluding carboxylic acids is 1. The smallest absolute Gasteiger partial charge is 0.248 e. The lowest BCUT2D eigenvalue weighted by Crippen LogP contribution is -2.11. The summed E-state index contributed by atoms with van der Waals surface area (Å²) in [5.74, 6) is -0.478. The average molecular weight is 341 g/mol. The second kappa shape index (κ2) is 6.19. The number of amides is 1. The zero-order valence-corrected chi connectivity index (χ0v) is 11.2. The van der Waals surface area contributed by atoms with Gasteiger partial charge < -0.3 is 11.5 Å². The third kappa shape index (κ3) is 4.03. The van der Waals surface area contributed by atoms with Crippen molar-refractivity contribution in [3.05, 3.63) is 54.2 Å². The molecule has 0 aliphatic rings. The maximum absolute atomic E-state index is 11.0. The van der Waals surface area contributed by atoms with E-state index in [9.17, 15) is 4.79 Å². The first-order chi connectivity index (χ1) is 8.04. The monoisotopic (exact) mass is 341 g/mol. The molecule has 0 fully saturated rings. The molecule has 4 N–H and O–H groups in total. The number of carbonyl (C=O) groups is 1.